The molecule has 170 valence electrons. The van der Waals surface area contributed by atoms with E-state index in [-0.39, 0.29) is 0 Å². The Kier molecular flexibility index (Phi) is 10.6. The molecule has 0 spiro atoms. The average molecular weight is 463 g/mol. The maximum atomic E-state index is 6.09. The highest BCUT2D eigenvalue weighted by Gasteiger charge is 2.41. The molecule has 2 rings (SSSR count). The Labute approximate surface area is 202 Å². The zero-order chi connectivity index (χ0) is 23.6. The predicted molar refractivity (Wildman–Crippen MR) is 148 cm³/mol. The molecule has 0 aliphatic heterocycles. The molecule has 0 saturated carbocycles. The van der Waals surface area contributed by atoms with Crippen LogP contribution in [0.15, 0.2) is 72.3 Å². The van der Waals surface area contributed by atoms with Gasteiger partial charge in [0.05, 0.1) is 0 Å². The van der Waals surface area contributed by atoms with Gasteiger partial charge in [-0.25, -0.2) is 0 Å². The molecule has 0 bridgehead atoms. The van der Waals surface area contributed by atoms with Crippen molar-refractivity contribution in [3.05, 3.63) is 83.4 Å². The van der Waals surface area contributed by atoms with Gasteiger partial charge < -0.3 is 0 Å². The summed E-state index contributed by atoms with van der Waals surface area (Å²) in [5.41, 5.74) is 10.6. The van der Waals surface area contributed by atoms with Crippen molar-refractivity contribution in [1.82, 2.24) is 0 Å². The Bertz CT molecular complexity index is 919. The van der Waals surface area contributed by atoms with Gasteiger partial charge in [0.1, 0.15) is 8.07 Å². The summed E-state index contributed by atoms with van der Waals surface area (Å²) < 4.78 is 0. The van der Waals surface area contributed by atoms with Crippen molar-refractivity contribution in [1.29, 1.82) is 0 Å². The van der Waals surface area contributed by atoms with E-state index in [1.807, 2.05) is 0 Å². The molecular formula is C30H39ClSi. The monoisotopic (exact) mass is 462 g/mol. The van der Waals surface area contributed by atoms with E-state index in [1.165, 1.54) is 22.3 Å². The maximum Gasteiger partial charge on any atom is 0.146 e. The molecule has 0 atom stereocenters. The molecule has 0 fully saturated rings. The second-order valence-electron chi connectivity index (χ2n) is 9.49. The minimum absolute atomic E-state index is 0.623. The lowest BCUT2D eigenvalue weighted by Gasteiger charge is -2.38. The summed E-state index contributed by atoms with van der Waals surface area (Å²) in [5, 5.41) is 0. The van der Waals surface area contributed by atoms with E-state index in [0.717, 1.165) is 12.8 Å². The summed E-state index contributed by atoms with van der Waals surface area (Å²) in [4.78, 5) is 0. The maximum absolute atomic E-state index is 6.09. The van der Waals surface area contributed by atoms with Crippen molar-refractivity contribution in [2.24, 2.45) is 0 Å². The minimum atomic E-state index is -1.79. The van der Waals surface area contributed by atoms with E-state index in [9.17, 15) is 0 Å². The first kappa shape index (κ1) is 26.2. The van der Waals surface area contributed by atoms with Crippen LogP contribution in [0.25, 0.3) is 11.6 Å². The molecule has 0 nitrogen and oxygen atoms in total. The van der Waals surface area contributed by atoms with Crippen molar-refractivity contribution in [3.8, 4) is 11.5 Å². The molecule has 0 unspecified atom stereocenters. The number of allylic oxidation sites excluding steroid dienone is 3. The van der Waals surface area contributed by atoms with E-state index >= 15 is 0 Å². The summed E-state index contributed by atoms with van der Waals surface area (Å²) in [7, 11) is -1.79. The van der Waals surface area contributed by atoms with Crippen LogP contribution in [0.1, 0.15) is 65.5 Å². The smallest absolute Gasteiger partial charge is 0.127 e. The molecule has 0 radical (unpaired) electrons. The van der Waals surface area contributed by atoms with E-state index < -0.39 is 8.07 Å². The second kappa shape index (κ2) is 12.9. The molecule has 0 heterocycles. The van der Waals surface area contributed by atoms with E-state index in [0.29, 0.717) is 22.5 Å². The zero-order valence-corrected chi connectivity index (χ0v) is 22.4. The van der Waals surface area contributed by atoms with Gasteiger partial charge in [-0.2, -0.15) is 0 Å². The highest BCUT2D eigenvalue weighted by molar-refractivity contribution is 6.90. The molecule has 0 amide bonds. The van der Waals surface area contributed by atoms with Gasteiger partial charge in [0.25, 0.3) is 0 Å². The van der Waals surface area contributed by atoms with Crippen LogP contribution in [-0.2, 0) is 0 Å². The fourth-order valence-electron chi connectivity index (χ4n) is 4.81. The molecular weight excluding hydrogens is 424 g/mol. The van der Waals surface area contributed by atoms with Crippen LogP contribution < -0.4 is 0 Å². The van der Waals surface area contributed by atoms with E-state index in [2.05, 4.69) is 126 Å². The summed E-state index contributed by atoms with van der Waals surface area (Å²) in [6, 6.07) is 21.1. The molecule has 0 aromatic heterocycles. The number of alkyl halides is 1. The van der Waals surface area contributed by atoms with Gasteiger partial charge in [-0.3, -0.25) is 0 Å². The summed E-state index contributed by atoms with van der Waals surface area (Å²) in [6.07, 6.45) is 6.40. The zero-order valence-electron chi connectivity index (χ0n) is 20.7. The minimum Gasteiger partial charge on any atom is -0.127 e. The third kappa shape index (κ3) is 6.99. The second-order valence-corrected chi connectivity index (χ2v) is 15.4. The third-order valence-corrected chi connectivity index (χ3v) is 13.0. The molecule has 0 aliphatic carbocycles. The third-order valence-electron chi connectivity index (χ3n) is 6.44. The molecule has 0 N–H and O–H groups in total. The van der Waals surface area contributed by atoms with Crippen molar-refractivity contribution in [2.45, 2.75) is 71.0 Å². The predicted octanol–water partition coefficient (Wildman–Crippen LogP) is 9.39. The lowest BCUT2D eigenvalue weighted by molar-refractivity contribution is 0.838. The number of halogens is 1. The Balaban J connectivity index is 2.62. The SMILES string of the molecule is CC(C)[Si](C#C/C(=C\C(=C\c1ccccc1)c1ccccc1)CCCCl)(C(C)C)C(C)C. The lowest BCUT2D eigenvalue weighted by atomic mass is 9.99. The van der Waals surface area contributed by atoms with E-state index in [4.69, 9.17) is 11.6 Å². The highest BCUT2D eigenvalue weighted by Crippen LogP contribution is 2.41. The number of benzene rings is 2. The standard InChI is InChI=1S/C30H39ClSi/c1-24(2)32(25(3)4,26(5)6)21-19-28(16-13-20-31)23-30(29-17-11-8-12-18-29)22-27-14-9-7-10-15-27/h7-12,14-15,17-18,22-26H,13,16,20H2,1-6H3/b28-23-,30-22-. The van der Waals surface area contributed by atoms with Crippen LogP contribution in [0.3, 0.4) is 0 Å². The summed E-state index contributed by atoms with van der Waals surface area (Å²) in [5.74, 6) is 4.35. The summed E-state index contributed by atoms with van der Waals surface area (Å²) >= 11 is 6.09. The fraction of sp³-hybridized carbons (Fsp3) is 0.400. The Morgan fingerprint density at radius 1 is 0.844 bits per heavy atom. The normalized spacial score (nSPS) is 12.9. The fourth-order valence-corrected chi connectivity index (χ4v) is 10.2. The first-order valence-electron chi connectivity index (χ1n) is 11.9. The largest absolute Gasteiger partial charge is 0.146 e. The molecule has 0 aliphatic rings. The van der Waals surface area contributed by atoms with E-state index in [1.54, 1.807) is 0 Å². The Morgan fingerprint density at radius 2 is 1.38 bits per heavy atom. The van der Waals surface area contributed by atoms with Gasteiger partial charge in [0.2, 0.25) is 0 Å². The highest BCUT2D eigenvalue weighted by atomic mass is 35.5. The van der Waals surface area contributed by atoms with Gasteiger partial charge in [0, 0.05) is 11.5 Å². The molecule has 2 heteroatoms. The van der Waals surface area contributed by atoms with Crippen molar-refractivity contribution < 1.29 is 0 Å². The van der Waals surface area contributed by atoms with Crippen LogP contribution in [0.2, 0.25) is 16.6 Å². The van der Waals surface area contributed by atoms with Crippen molar-refractivity contribution in [3.63, 3.8) is 0 Å². The van der Waals surface area contributed by atoms with Crippen LogP contribution in [0.4, 0.5) is 0 Å². The Hall–Kier alpha value is -2.01. The molecule has 0 saturated heterocycles. The van der Waals surface area contributed by atoms with Crippen LogP contribution in [0, 0.1) is 11.5 Å². The molecule has 2 aromatic rings. The van der Waals surface area contributed by atoms with Gasteiger partial charge in [-0.15, -0.1) is 17.1 Å². The molecule has 2 aromatic carbocycles. The average Bonchev–Trinajstić information content (AvgIpc) is 2.77. The van der Waals surface area contributed by atoms with Gasteiger partial charge in [0.15, 0.2) is 0 Å². The molecule has 32 heavy (non-hydrogen) atoms. The van der Waals surface area contributed by atoms with Crippen LogP contribution in [0.5, 0.6) is 0 Å². The number of hydrogen-bond acceptors (Lipinski definition) is 0. The lowest BCUT2D eigenvalue weighted by Crippen LogP contribution is -2.43. The van der Waals surface area contributed by atoms with Crippen molar-refractivity contribution in [2.75, 3.05) is 5.88 Å². The first-order valence-corrected chi connectivity index (χ1v) is 14.7. The first-order chi connectivity index (χ1) is 15.3. The van der Waals surface area contributed by atoms with Gasteiger partial charge in [-0.1, -0.05) is 108 Å². The number of hydrogen-bond donors (Lipinski definition) is 0. The van der Waals surface area contributed by atoms with Crippen LogP contribution >= 0.6 is 11.6 Å². The Morgan fingerprint density at radius 3 is 1.88 bits per heavy atom. The summed E-state index contributed by atoms with van der Waals surface area (Å²) in [6.45, 7) is 14.2. The van der Waals surface area contributed by atoms with Gasteiger partial charge >= 0.3 is 0 Å². The topological polar surface area (TPSA) is 0 Å². The number of rotatable bonds is 9. The van der Waals surface area contributed by atoms with Crippen molar-refractivity contribution >= 4 is 31.3 Å². The van der Waals surface area contributed by atoms with Crippen LogP contribution in [-0.4, -0.2) is 14.0 Å². The van der Waals surface area contributed by atoms with Gasteiger partial charge in [-0.05, 0) is 58.3 Å². The quantitative estimate of drug-likeness (QED) is 0.114.